The summed E-state index contributed by atoms with van der Waals surface area (Å²) in [6, 6.07) is 4.71. The van der Waals surface area contributed by atoms with Crippen molar-refractivity contribution in [3.63, 3.8) is 0 Å². The standard InChI is InChI=1S/C22H28FN3O8/c1-12(2)18(26-22(33)34-11-14-7-5-4-6-8-14)21(32)24-13(3)20(31)25-15(9-17(28)29)19(30)16(27)10-23/h4-8,12-13,15,18H,9-11H2,1-3H3,(H,24,32)(H,25,31)(H,26,33)(H,28,29). The minimum absolute atomic E-state index is 0.0193. The summed E-state index contributed by atoms with van der Waals surface area (Å²) in [7, 11) is 0. The van der Waals surface area contributed by atoms with Crippen molar-refractivity contribution in [3.05, 3.63) is 35.9 Å². The Balaban J connectivity index is 2.73. The summed E-state index contributed by atoms with van der Waals surface area (Å²) in [6.07, 6.45) is -1.80. The predicted molar refractivity (Wildman–Crippen MR) is 116 cm³/mol. The summed E-state index contributed by atoms with van der Waals surface area (Å²) in [6.45, 7) is 2.89. The van der Waals surface area contributed by atoms with Gasteiger partial charge in [0.05, 0.1) is 6.42 Å². The summed E-state index contributed by atoms with van der Waals surface area (Å²) in [4.78, 5) is 71.2. The second kappa shape index (κ2) is 13.7. The average molecular weight is 481 g/mol. The fraction of sp³-hybridized carbons (Fsp3) is 0.455. The molecule has 0 aliphatic heterocycles. The molecule has 4 N–H and O–H groups in total. The summed E-state index contributed by atoms with van der Waals surface area (Å²) < 4.78 is 17.6. The number of amides is 3. The molecule has 0 aliphatic carbocycles. The van der Waals surface area contributed by atoms with Gasteiger partial charge in [-0.05, 0) is 18.4 Å². The molecular weight excluding hydrogens is 453 g/mol. The molecule has 0 radical (unpaired) electrons. The fourth-order valence-corrected chi connectivity index (χ4v) is 2.74. The Morgan fingerprint density at radius 1 is 0.941 bits per heavy atom. The Hall–Kier alpha value is -3.83. The highest BCUT2D eigenvalue weighted by Gasteiger charge is 2.32. The van der Waals surface area contributed by atoms with Crippen molar-refractivity contribution in [3.8, 4) is 0 Å². The number of carbonyl (C=O) groups is 6. The van der Waals surface area contributed by atoms with Crippen LogP contribution in [-0.4, -0.2) is 65.4 Å². The van der Waals surface area contributed by atoms with Gasteiger partial charge in [0.15, 0.2) is 6.67 Å². The maximum atomic E-state index is 12.6. The minimum Gasteiger partial charge on any atom is -0.481 e. The first-order valence-electron chi connectivity index (χ1n) is 10.4. The van der Waals surface area contributed by atoms with Gasteiger partial charge in [-0.25, -0.2) is 9.18 Å². The molecule has 0 saturated carbocycles. The zero-order valence-electron chi connectivity index (χ0n) is 19.0. The van der Waals surface area contributed by atoms with Crippen LogP contribution in [0.5, 0.6) is 0 Å². The SMILES string of the molecule is CC(NC(=O)C(NC(=O)OCc1ccccc1)C(C)C)C(=O)NC(CC(=O)O)C(=O)C(=O)CF. The molecule has 0 spiro atoms. The van der Waals surface area contributed by atoms with Gasteiger partial charge in [0.1, 0.15) is 24.7 Å². The smallest absolute Gasteiger partial charge is 0.408 e. The molecule has 12 heteroatoms. The molecule has 0 fully saturated rings. The van der Waals surface area contributed by atoms with E-state index in [1.807, 2.05) is 5.32 Å². The number of carboxylic acids is 1. The number of alkyl carbamates (subject to hydrolysis) is 1. The molecule has 1 aromatic carbocycles. The molecule has 186 valence electrons. The van der Waals surface area contributed by atoms with E-state index in [0.29, 0.717) is 0 Å². The van der Waals surface area contributed by atoms with Gasteiger partial charge in [0.25, 0.3) is 0 Å². The van der Waals surface area contributed by atoms with E-state index in [2.05, 4.69) is 10.6 Å². The lowest BCUT2D eigenvalue weighted by atomic mass is 10.0. The lowest BCUT2D eigenvalue weighted by molar-refractivity contribution is -0.143. The van der Waals surface area contributed by atoms with E-state index in [1.54, 1.807) is 44.2 Å². The van der Waals surface area contributed by atoms with Crippen LogP contribution in [0.4, 0.5) is 9.18 Å². The summed E-state index contributed by atoms with van der Waals surface area (Å²) in [5.74, 6) is -6.51. The second-order valence-corrected chi connectivity index (χ2v) is 7.74. The highest BCUT2D eigenvalue weighted by Crippen LogP contribution is 2.06. The summed E-state index contributed by atoms with van der Waals surface area (Å²) in [5.41, 5.74) is 0.741. The number of hydrogen-bond acceptors (Lipinski definition) is 7. The molecule has 0 aliphatic rings. The number of ether oxygens (including phenoxy) is 1. The van der Waals surface area contributed by atoms with Crippen LogP contribution >= 0.6 is 0 Å². The molecule has 34 heavy (non-hydrogen) atoms. The number of carboxylic acid groups (broad SMARTS) is 1. The van der Waals surface area contributed by atoms with Crippen molar-refractivity contribution in [2.45, 2.75) is 51.9 Å². The second-order valence-electron chi connectivity index (χ2n) is 7.74. The number of Topliss-reactive ketones (excluding diaryl/α,β-unsaturated/α-hetero) is 2. The number of halogens is 1. The van der Waals surface area contributed by atoms with Crippen LogP contribution in [0.15, 0.2) is 30.3 Å². The highest BCUT2D eigenvalue weighted by molar-refractivity contribution is 6.40. The van der Waals surface area contributed by atoms with Crippen molar-refractivity contribution in [1.29, 1.82) is 0 Å². The maximum Gasteiger partial charge on any atom is 0.408 e. The molecule has 1 rings (SSSR count). The van der Waals surface area contributed by atoms with Crippen LogP contribution in [0.3, 0.4) is 0 Å². The van der Waals surface area contributed by atoms with Gasteiger partial charge in [-0.3, -0.25) is 24.0 Å². The molecule has 0 bridgehead atoms. The monoisotopic (exact) mass is 481 g/mol. The molecular formula is C22H28FN3O8. The number of rotatable bonds is 13. The summed E-state index contributed by atoms with van der Waals surface area (Å²) >= 11 is 0. The quantitative estimate of drug-likeness (QED) is 0.296. The Kier molecular flexibility index (Phi) is 11.3. The highest BCUT2D eigenvalue weighted by atomic mass is 19.1. The van der Waals surface area contributed by atoms with Crippen molar-refractivity contribution in [2.24, 2.45) is 5.92 Å². The number of hydrogen-bond donors (Lipinski definition) is 4. The van der Waals surface area contributed by atoms with Gasteiger partial charge in [-0.1, -0.05) is 44.2 Å². The van der Waals surface area contributed by atoms with E-state index in [-0.39, 0.29) is 6.61 Å². The van der Waals surface area contributed by atoms with Crippen molar-refractivity contribution in [1.82, 2.24) is 16.0 Å². The van der Waals surface area contributed by atoms with Crippen LogP contribution < -0.4 is 16.0 Å². The third-order valence-corrected chi connectivity index (χ3v) is 4.60. The van der Waals surface area contributed by atoms with E-state index in [1.165, 1.54) is 6.92 Å². The number of benzene rings is 1. The Morgan fingerprint density at radius 2 is 1.56 bits per heavy atom. The topological polar surface area (TPSA) is 168 Å². The predicted octanol–water partition coefficient (Wildman–Crippen LogP) is 0.509. The average Bonchev–Trinajstić information content (AvgIpc) is 2.79. The van der Waals surface area contributed by atoms with Crippen molar-refractivity contribution >= 4 is 35.4 Å². The van der Waals surface area contributed by atoms with Gasteiger partial charge in [-0.2, -0.15) is 0 Å². The van der Waals surface area contributed by atoms with Gasteiger partial charge in [-0.15, -0.1) is 0 Å². The van der Waals surface area contributed by atoms with Gasteiger partial charge >= 0.3 is 12.1 Å². The van der Waals surface area contributed by atoms with E-state index in [0.717, 1.165) is 5.56 Å². The van der Waals surface area contributed by atoms with Crippen LogP contribution in [-0.2, 0) is 35.3 Å². The molecule has 0 saturated heterocycles. The Morgan fingerprint density at radius 3 is 2.09 bits per heavy atom. The van der Waals surface area contributed by atoms with E-state index >= 15 is 0 Å². The Labute approximate surface area is 195 Å². The van der Waals surface area contributed by atoms with Crippen LogP contribution in [0.1, 0.15) is 32.8 Å². The van der Waals surface area contributed by atoms with Crippen molar-refractivity contribution < 1.29 is 43.0 Å². The van der Waals surface area contributed by atoms with Gasteiger partial charge in [0, 0.05) is 0 Å². The lowest BCUT2D eigenvalue weighted by Crippen LogP contribution is -2.56. The zero-order valence-corrected chi connectivity index (χ0v) is 19.0. The number of carbonyl (C=O) groups excluding carboxylic acids is 5. The van der Waals surface area contributed by atoms with E-state index < -0.39 is 72.6 Å². The van der Waals surface area contributed by atoms with E-state index in [9.17, 15) is 33.2 Å². The number of aliphatic carboxylic acids is 1. The maximum absolute atomic E-state index is 12.6. The third-order valence-electron chi connectivity index (χ3n) is 4.60. The van der Waals surface area contributed by atoms with Crippen LogP contribution in [0, 0.1) is 5.92 Å². The first kappa shape index (κ1) is 28.2. The molecule has 0 heterocycles. The number of ketones is 2. The molecule has 3 unspecified atom stereocenters. The van der Waals surface area contributed by atoms with Gasteiger partial charge < -0.3 is 25.8 Å². The van der Waals surface area contributed by atoms with Gasteiger partial charge in [0.2, 0.25) is 23.4 Å². The molecule has 11 nitrogen and oxygen atoms in total. The number of alkyl halides is 1. The Bertz CT molecular complexity index is 907. The van der Waals surface area contributed by atoms with E-state index in [4.69, 9.17) is 9.84 Å². The van der Waals surface area contributed by atoms with Crippen LogP contribution in [0.2, 0.25) is 0 Å². The molecule has 0 aromatic heterocycles. The fourth-order valence-electron chi connectivity index (χ4n) is 2.74. The zero-order chi connectivity index (χ0) is 25.8. The van der Waals surface area contributed by atoms with Crippen LogP contribution in [0.25, 0.3) is 0 Å². The largest absolute Gasteiger partial charge is 0.481 e. The first-order chi connectivity index (χ1) is 16.0. The number of nitrogens with one attached hydrogen (secondary N) is 3. The molecule has 1 aromatic rings. The molecule has 3 atom stereocenters. The molecule has 3 amide bonds. The van der Waals surface area contributed by atoms with Crippen molar-refractivity contribution in [2.75, 3.05) is 6.67 Å². The summed E-state index contributed by atoms with van der Waals surface area (Å²) in [5, 5.41) is 15.7. The third kappa shape index (κ3) is 9.35. The normalized spacial score (nSPS) is 13.2. The lowest BCUT2D eigenvalue weighted by Gasteiger charge is -2.24. The minimum atomic E-state index is -1.79. The first-order valence-corrected chi connectivity index (χ1v) is 10.4.